The summed E-state index contributed by atoms with van der Waals surface area (Å²) in [7, 11) is 1.91. The Morgan fingerprint density at radius 3 is 2.48 bits per heavy atom. The minimum absolute atomic E-state index is 0.00985. The number of carbonyl (C=O) groups excluding carboxylic acids is 4. The fourth-order valence-corrected chi connectivity index (χ4v) is 4.57. The number of nitrogens with one attached hydrogen (secondary N) is 1. The molecule has 8 heteroatoms. The van der Waals surface area contributed by atoms with Crippen LogP contribution in [0.25, 0.3) is 22.5 Å². The van der Waals surface area contributed by atoms with E-state index in [1.165, 1.54) is 11.8 Å². The molecule has 0 bridgehead atoms. The van der Waals surface area contributed by atoms with Gasteiger partial charge in [-0.1, -0.05) is 30.3 Å². The standard InChI is InChI=1S/C25H22N4O4/c1-14(30)15-3-5-16(6-4-15)23-22(26-13-28(23)2)17-7-8-19-18(11-17)12-29(25(19)33)20-9-10-21(31)27-24(20)32/h3-8,11,13,20H,9-10,12H2,1-2H3,(H,27,31,32). The Labute approximate surface area is 190 Å². The van der Waals surface area contributed by atoms with Gasteiger partial charge in [0.1, 0.15) is 6.04 Å². The molecule has 1 fully saturated rings. The number of fused-ring (bicyclic) bond motifs is 1. The van der Waals surface area contributed by atoms with Crippen LogP contribution in [0.5, 0.6) is 0 Å². The van der Waals surface area contributed by atoms with Gasteiger partial charge in [-0.05, 0) is 31.0 Å². The third kappa shape index (κ3) is 3.53. The average molecular weight is 442 g/mol. The van der Waals surface area contributed by atoms with Crippen LogP contribution in [0.2, 0.25) is 0 Å². The lowest BCUT2D eigenvalue weighted by Crippen LogP contribution is -2.52. The van der Waals surface area contributed by atoms with Crippen LogP contribution < -0.4 is 5.32 Å². The number of imidazole rings is 1. The van der Waals surface area contributed by atoms with Gasteiger partial charge in [0.15, 0.2) is 5.78 Å². The van der Waals surface area contributed by atoms with Gasteiger partial charge in [0.2, 0.25) is 11.8 Å². The van der Waals surface area contributed by atoms with Gasteiger partial charge < -0.3 is 9.47 Å². The van der Waals surface area contributed by atoms with E-state index in [0.717, 1.165) is 28.1 Å². The van der Waals surface area contributed by atoms with E-state index in [9.17, 15) is 19.2 Å². The molecule has 1 atom stereocenters. The highest BCUT2D eigenvalue weighted by molar-refractivity contribution is 6.05. The Balaban J connectivity index is 1.47. The van der Waals surface area contributed by atoms with E-state index in [4.69, 9.17) is 0 Å². The maximum Gasteiger partial charge on any atom is 0.255 e. The van der Waals surface area contributed by atoms with E-state index in [0.29, 0.717) is 24.1 Å². The van der Waals surface area contributed by atoms with E-state index >= 15 is 0 Å². The Morgan fingerprint density at radius 1 is 1.06 bits per heavy atom. The van der Waals surface area contributed by atoms with Crippen molar-refractivity contribution in [2.24, 2.45) is 7.05 Å². The van der Waals surface area contributed by atoms with Gasteiger partial charge in [-0.15, -0.1) is 0 Å². The number of rotatable bonds is 4. The Bertz CT molecular complexity index is 1320. The largest absolute Gasteiger partial charge is 0.333 e. The van der Waals surface area contributed by atoms with Gasteiger partial charge >= 0.3 is 0 Å². The summed E-state index contributed by atoms with van der Waals surface area (Å²) in [5.41, 5.74) is 5.48. The molecule has 1 N–H and O–H groups in total. The molecule has 2 aliphatic heterocycles. The zero-order valence-corrected chi connectivity index (χ0v) is 18.3. The first-order valence-electron chi connectivity index (χ1n) is 10.7. The maximum absolute atomic E-state index is 13.0. The number of carbonyl (C=O) groups is 4. The molecule has 0 aliphatic carbocycles. The van der Waals surface area contributed by atoms with E-state index < -0.39 is 11.9 Å². The lowest BCUT2D eigenvalue weighted by molar-refractivity contribution is -0.136. The molecule has 8 nitrogen and oxygen atoms in total. The molecule has 1 aromatic heterocycles. The van der Waals surface area contributed by atoms with E-state index in [2.05, 4.69) is 10.3 Å². The van der Waals surface area contributed by atoms with Crippen molar-refractivity contribution in [3.8, 4) is 22.5 Å². The second-order valence-electron chi connectivity index (χ2n) is 8.46. The number of Topliss-reactive ketones (excluding diaryl/α,β-unsaturated/α-hetero) is 1. The topological polar surface area (TPSA) is 101 Å². The number of hydrogen-bond acceptors (Lipinski definition) is 5. The fourth-order valence-electron chi connectivity index (χ4n) is 4.57. The Morgan fingerprint density at radius 2 is 1.79 bits per heavy atom. The summed E-state index contributed by atoms with van der Waals surface area (Å²) in [5.74, 6) is -0.918. The summed E-state index contributed by atoms with van der Waals surface area (Å²) in [6, 6.07) is 12.3. The maximum atomic E-state index is 13.0. The third-order valence-corrected chi connectivity index (χ3v) is 6.30. The highest BCUT2D eigenvalue weighted by atomic mass is 16.2. The van der Waals surface area contributed by atoms with Crippen molar-refractivity contribution in [2.75, 3.05) is 0 Å². The van der Waals surface area contributed by atoms with Crippen molar-refractivity contribution in [1.29, 1.82) is 0 Å². The lowest BCUT2D eigenvalue weighted by atomic mass is 9.99. The summed E-state index contributed by atoms with van der Waals surface area (Å²) >= 11 is 0. The Kier molecular flexibility index (Phi) is 4.92. The molecule has 3 aromatic rings. The zero-order chi connectivity index (χ0) is 23.3. The van der Waals surface area contributed by atoms with Crippen molar-refractivity contribution in [2.45, 2.75) is 32.4 Å². The molecule has 3 heterocycles. The average Bonchev–Trinajstić information content (AvgIpc) is 3.33. The molecule has 3 amide bonds. The molecule has 0 saturated carbocycles. The van der Waals surface area contributed by atoms with Crippen LogP contribution in [-0.4, -0.2) is 44.0 Å². The number of piperidine rings is 1. The number of amides is 3. The molecule has 2 aromatic carbocycles. The molecular formula is C25H22N4O4. The summed E-state index contributed by atoms with van der Waals surface area (Å²) in [4.78, 5) is 54.5. The molecular weight excluding hydrogens is 420 g/mol. The first-order valence-corrected chi connectivity index (χ1v) is 10.7. The summed E-state index contributed by atoms with van der Waals surface area (Å²) < 4.78 is 1.92. The first-order chi connectivity index (χ1) is 15.8. The van der Waals surface area contributed by atoms with Gasteiger partial charge in [-0.3, -0.25) is 24.5 Å². The number of nitrogens with zero attached hydrogens (tertiary/aromatic N) is 3. The van der Waals surface area contributed by atoms with Crippen LogP contribution in [0.1, 0.15) is 46.0 Å². The van der Waals surface area contributed by atoms with E-state index in [-0.39, 0.29) is 24.0 Å². The quantitative estimate of drug-likeness (QED) is 0.495. The number of ketones is 1. The first kappa shape index (κ1) is 20.8. The number of benzene rings is 2. The van der Waals surface area contributed by atoms with E-state index in [1.54, 1.807) is 24.5 Å². The van der Waals surface area contributed by atoms with Crippen molar-refractivity contribution in [3.05, 3.63) is 65.5 Å². The molecule has 166 valence electrons. The Hall–Kier alpha value is -4.07. The summed E-state index contributed by atoms with van der Waals surface area (Å²) in [5, 5.41) is 2.32. The second kappa shape index (κ2) is 7.81. The molecule has 5 rings (SSSR count). The minimum Gasteiger partial charge on any atom is -0.333 e. The predicted octanol–water partition coefficient (Wildman–Crippen LogP) is 2.72. The molecule has 1 unspecified atom stereocenters. The van der Waals surface area contributed by atoms with Gasteiger partial charge in [0.25, 0.3) is 5.91 Å². The smallest absolute Gasteiger partial charge is 0.255 e. The van der Waals surface area contributed by atoms with E-state index in [1.807, 2.05) is 35.9 Å². The summed E-state index contributed by atoms with van der Waals surface area (Å²) in [6.45, 7) is 1.85. The van der Waals surface area contributed by atoms with Crippen LogP contribution in [0.15, 0.2) is 48.8 Å². The molecule has 0 radical (unpaired) electrons. The van der Waals surface area contributed by atoms with Crippen LogP contribution >= 0.6 is 0 Å². The molecule has 0 spiro atoms. The minimum atomic E-state index is -0.642. The number of aromatic nitrogens is 2. The normalized spacial score (nSPS) is 17.8. The van der Waals surface area contributed by atoms with Crippen molar-refractivity contribution >= 4 is 23.5 Å². The van der Waals surface area contributed by atoms with Crippen molar-refractivity contribution in [1.82, 2.24) is 19.8 Å². The second-order valence-corrected chi connectivity index (χ2v) is 8.46. The summed E-state index contributed by atoms with van der Waals surface area (Å²) in [6.07, 6.45) is 2.29. The molecule has 1 saturated heterocycles. The monoisotopic (exact) mass is 442 g/mol. The number of imide groups is 1. The zero-order valence-electron chi connectivity index (χ0n) is 18.3. The lowest BCUT2D eigenvalue weighted by Gasteiger charge is -2.29. The number of hydrogen-bond donors (Lipinski definition) is 1. The van der Waals surface area contributed by atoms with Crippen LogP contribution in [0.4, 0.5) is 0 Å². The van der Waals surface area contributed by atoms with Gasteiger partial charge in [0, 0.05) is 42.3 Å². The van der Waals surface area contributed by atoms with Crippen molar-refractivity contribution < 1.29 is 19.2 Å². The van der Waals surface area contributed by atoms with Gasteiger partial charge in [-0.25, -0.2) is 4.98 Å². The van der Waals surface area contributed by atoms with Crippen molar-refractivity contribution in [3.63, 3.8) is 0 Å². The van der Waals surface area contributed by atoms with Crippen LogP contribution in [0.3, 0.4) is 0 Å². The third-order valence-electron chi connectivity index (χ3n) is 6.30. The predicted molar refractivity (Wildman–Crippen MR) is 120 cm³/mol. The fraction of sp³-hybridized carbons (Fsp3) is 0.240. The van der Waals surface area contributed by atoms with Crippen LogP contribution in [0, 0.1) is 0 Å². The number of aryl methyl sites for hydroxylation is 1. The van der Waals surface area contributed by atoms with Gasteiger partial charge in [0.05, 0.1) is 17.7 Å². The van der Waals surface area contributed by atoms with Crippen LogP contribution in [-0.2, 0) is 23.2 Å². The molecule has 33 heavy (non-hydrogen) atoms. The highest BCUT2D eigenvalue weighted by Gasteiger charge is 2.39. The van der Waals surface area contributed by atoms with Gasteiger partial charge in [-0.2, -0.15) is 0 Å². The molecule has 2 aliphatic rings. The SMILES string of the molecule is CC(=O)c1ccc(-c2c(-c3ccc4c(c3)CN(C3CCC(=O)NC3=O)C4=O)ncn2C)cc1. The highest BCUT2D eigenvalue weighted by Crippen LogP contribution is 2.35.